The molecule has 4 heterocycles. The van der Waals surface area contributed by atoms with Crippen LogP contribution in [-0.4, -0.2) is 47.6 Å². The monoisotopic (exact) mass is 394 g/mol. The Bertz CT molecular complexity index is 1170. The van der Waals surface area contributed by atoms with Crippen LogP contribution in [0.15, 0.2) is 37.1 Å². The maximum atomic E-state index is 10.8. The fraction of sp³-hybridized carbons (Fsp3) is 0.300. The zero-order chi connectivity index (χ0) is 19.1. The first kappa shape index (κ1) is 17.3. The van der Waals surface area contributed by atoms with Gasteiger partial charge in [0.1, 0.15) is 23.1 Å². The van der Waals surface area contributed by atoms with Crippen molar-refractivity contribution < 1.29 is 5.11 Å². The highest BCUT2D eigenvalue weighted by molar-refractivity contribution is 6.33. The summed E-state index contributed by atoms with van der Waals surface area (Å²) < 4.78 is 1.95. The number of hydrogen-bond donors (Lipinski definition) is 1. The van der Waals surface area contributed by atoms with Crippen LogP contribution in [0.25, 0.3) is 22.1 Å². The number of nitrogens with zero attached hydrogens (tertiary/aromatic N) is 6. The molecule has 1 N–H and O–H groups in total. The highest BCUT2D eigenvalue weighted by Crippen LogP contribution is 2.32. The molecule has 5 rings (SSSR count). The number of aromatic hydroxyl groups is 1. The van der Waals surface area contributed by atoms with E-state index in [9.17, 15) is 5.11 Å². The van der Waals surface area contributed by atoms with E-state index in [0.29, 0.717) is 28.4 Å². The molecule has 1 aliphatic rings. The molecule has 1 saturated heterocycles. The van der Waals surface area contributed by atoms with Crippen molar-refractivity contribution in [2.24, 2.45) is 0 Å². The highest BCUT2D eigenvalue weighted by Gasteiger charge is 2.18. The molecule has 0 aliphatic carbocycles. The maximum Gasteiger partial charge on any atom is 0.165 e. The van der Waals surface area contributed by atoms with Gasteiger partial charge in [0, 0.05) is 23.7 Å². The lowest BCUT2D eigenvalue weighted by molar-refractivity contribution is 0.324. The molecule has 142 valence electrons. The van der Waals surface area contributed by atoms with Crippen molar-refractivity contribution in [3.05, 3.63) is 53.3 Å². The number of pyridine rings is 1. The smallest absolute Gasteiger partial charge is 0.165 e. The summed E-state index contributed by atoms with van der Waals surface area (Å²) in [5.74, 6) is 0.270. The second kappa shape index (κ2) is 7.00. The van der Waals surface area contributed by atoms with Crippen molar-refractivity contribution >= 4 is 33.7 Å². The Kier molecular flexibility index (Phi) is 4.33. The molecule has 3 aromatic heterocycles. The molecule has 0 unspecified atom stereocenters. The number of hydrogen-bond acceptors (Lipinski definition) is 6. The lowest BCUT2D eigenvalue weighted by Gasteiger charge is -2.18. The molecule has 28 heavy (non-hydrogen) atoms. The second-order valence-electron chi connectivity index (χ2n) is 7.14. The predicted molar refractivity (Wildman–Crippen MR) is 107 cm³/mol. The lowest BCUT2D eigenvalue weighted by Crippen LogP contribution is -2.18. The Balaban J connectivity index is 1.61. The van der Waals surface area contributed by atoms with E-state index in [0.717, 1.165) is 36.1 Å². The number of aromatic nitrogens is 5. The van der Waals surface area contributed by atoms with Crippen molar-refractivity contribution in [3.63, 3.8) is 0 Å². The van der Waals surface area contributed by atoms with E-state index in [4.69, 9.17) is 11.6 Å². The minimum Gasteiger partial charge on any atom is -0.505 e. The van der Waals surface area contributed by atoms with E-state index >= 15 is 0 Å². The Morgan fingerprint density at radius 2 is 1.86 bits per heavy atom. The minimum atomic E-state index is 0.270. The summed E-state index contributed by atoms with van der Waals surface area (Å²) in [6, 6.07) is 5.95. The Labute approximate surface area is 166 Å². The molecule has 0 spiro atoms. The van der Waals surface area contributed by atoms with Crippen molar-refractivity contribution in [2.75, 3.05) is 13.1 Å². The van der Waals surface area contributed by atoms with Gasteiger partial charge in [0.15, 0.2) is 10.8 Å². The van der Waals surface area contributed by atoms with Crippen LogP contribution in [0.1, 0.15) is 24.0 Å². The number of likely N-dealkylation sites (tertiary alicyclic amines) is 1. The molecule has 1 aliphatic heterocycles. The van der Waals surface area contributed by atoms with E-state index in [1.165, 1.54) is 19.2 Å². The number of imidazole rings is 1. The zero-order valence-corrected chi connectivity index (χ0v) is 16.0. The summed E-state index contributed by atoms with van der Waals surface area (Å²) in [6.45, 7) is 3.41. The van der Waals surface area contributed by atoms with Gasteiger partial charge in [-0.25, -0.2) is 15.0 Å². The van der Waals surface area contributed by atoms with Crippen molar-refractivity contribution in [1.29, 1.82) is 0 Å². The van der Waals surface area contributed by atoms with Gasteiger partial charge in [0.25, 0.3) is 0 Å². The number of phenols is 1. The SMILES string of the molecule is Oc1c(CN2CCCC2)cc(Cn2cnc3c(Cl)ncnc32)c2cccnc12. The van der Waals surface area contributed by atoms with E-state index in [-0.39, 0.29) is 5.75 Å². The molecule has 1 aromatic carbocycles. The molecule has 0 atom stereocenters. The van der Waals surface area contributed by atoms with Gasteiger partial charge in [-0.1, -0.05) is 17.7 Å². The molecular formula is C20H19ClN6O. The highest BCUT2D eigenvalue weighted by atomic mass is 35.5. The van der Waals surface area contributed by atoms with Crippen LogP contribution >= 0.6 is 11.6 Å². The van der Waals surface area contributed by atoms with E-state index in [1.54, 1.807) is 12.5 Å². The Morgan fingerprint density at radius 3 is 2.71 bits per heavy atom. The summed E-state index contributed by atoms with van der Waals surface area (Å²) >= 11 is 6.13. The van der Waals surface area contributed by atoms with E-state index < -0.39 is 0 Å². The van der Waals surface area contributed by atoms with Gasteiger partial charge in [0.05, 0.1) is 12.9 Å². The van der Waals surface area contributed by atoms with Gasteiger partial charge >= 0.3 is 0 Å². The number of rotatable bonds is 4. The third-order valence-corrected chi connectivity index (χ3v) is 5.60. The van der Waals surface area contributed by atoms with Gasteiger partial charge in [-0.2, -0.15) is 0 Å². The summed E-state index contributed by atoms with van der Waals surface area (Å²) in [6.07, 6.45) is 7.30. The van der Waals surface area contributed by atoms with E-state index in [1.807, 2.05) is 16.7 Å². The Morgan fingerprint density at radius 1 is 1.00 bits per heavy atom. The van der Waals surface area contributed by atoms with Crippen molar-refractivity contribution in [3.8, 4) is 5.75 Å². The van der Waals surface area contributed by atoms with Crippen LogP contribution in [-0.2, 0) is 13.1 Å². The van der Waals surface area contributed by atoms with Gasteiger partial charge < -0.3 is 9.67 Å². The molecule has 8 heteroatoms. The average molecular weight is 395 g/mol. The molecule has 4 aromatic rings. The van der Waals surface area contributed by atoms with E-state index in [2.05, 4.69) is 30.9 Å². The number of fused-ring (bicyclic) bond motifs is 2. The van der Waals surface area contributed by atoms with Crippen molar-refractivity contribution in [1.82, 2.24) is 29.4 Å². The van der Waals surface area contributed by atoms with Crippen LogP contribution < -0.4 is 0 Å². The maximum absolute atomic E-state index is 10.8. The first-order valence-electron chi connectivity index (χ1n) is 9.33. The number of halogens is 1. The van der Waals surface area contributed by atoms with Gasteiger partial charge in [-0.3, -0.25) is 9.88 Å². The molecule has 0 radical (unpaired) electrons. The average Bonchev–Trinajstić information content (AvgIpc) is 3.36. The van der Waals surface area contributed by atoms with Crippen molar-refractivity contribution in [2.45, 2.75) is 25.9 Å². The normalized spacial score (nSPS) is 15.0. The Hall–Kier alpha value is -2.77. The summed E-state index contributed by atoms with van der Waals surface area (Å²) in [7, 11) is 0. The minimum absolute atomic E-state index is 0.270. The molecule has 1 fully saturated rings. The van der Waals surface area contributed by atoms with Gasteiger partial charge in [-0.05, 0) is 43.6 Å². The summed E-state index contributed by atoms with van der Waals surface area (Å²) in [5.41, 5.74) is 3.87. The third kappa shape index (κ3) is 2.96. The van der Waals surface area contributed by atoms with Crippen LogP contribution in [0.4, 0.5) is 0 Å². The van der Waals surface area contributed by atoms with Crippen LogP contribution in [0.5, 0.6) is 5.75 Å². The summed E-state index contributed by atoms with van der Waals surface area (Å²) in [5, 5.41) is 12.1. The van der Waals surface area contributed by atoms with Crippen LogP contribution in [0, 0.1) is 0 Å². The molecule has 0 amide bonds. The summed E-state index contributed by atoms with van der Waals surface area (Å²) in [4.78, 5) is 19.5. The fourth-order valence-electron chi connectivity index (χ4n) is 3.95. The standard InChI is InChI=1S/C20H19ClN6O/c21-19-17-20(24-11-23-19)27(12-25-17)10-13-8-14(9-26-6-1-2-7-26)18(28)16-15(13)4-3-5-22-16/h3-5,8,11-12,28H,1-2,6-7,9-10H2. The second-order valence-corrected chi connectivity index (χ2v) is 7.49. The first-order chi connectivity index (χ1) is 13.7. The van der Waals surface area contributed by atoms with Gasteiger partial charge in [0.2, 0.25) is 0 Å². The quantitative estimate of drug-likeness (QED) is 0.534. The third-order valence-electron chi connectivity index (χ3n) is 5.32. The number of phenolic OH excluding ortho intramolecular Hbond substituents is 1. The first-order valence-corrected chi connectivity index (χ1v) is 9.70. The van der Waals surface area contributed by atoms with Gasteiger partial charge in [-0.15, -0.1) is 0 Å². The fourth-order valence-corrected chi connectivity index (χ4v) is 4.12. The largest absolute Gasteiger partial charge is 0.505 e. The molecule has 0 saturated carbocycles. The molecular weight excluding hydrogens is 376 g/mol. The molecule has 0 bridgehead atoms. The zero-order valence-electron chi connectivity index (χ0n) is 15.2. The topological polar surface area (TPSA) is 80.0 Å². The number of benzene rings is 1. The van der Waals surface area contributed by atoms with Crippen LogP contribution in [0.2, 0.25) is 5.15 Å². The van der Waals surface area contributed by atoms with Crippen LogP contribution in [0.3, 0.4) is 0 Å². The molecule has 7 nitrogen and oxygen atoms in total. The lowest BCUT2D eigenvalue weighted by atomic mass is 10.0. The predicted octanol–water partition coefficient (Wildman–Crippen LogP) is 3.38.